The van der Waals surface area contributed by atoms with Gasteiger partial charge >= 0.3 is 0 Å². The van der Waals surface area contributed by atoms with E-state index in [0.29, 0.717) is 16.2 Å². The van der Waals surface area contributed by atoms with Gasteiger partial charge in [0.25, 0.3) is 5.91 Å². The van der Waals surface area contributed by atoms with Crippen molar-refractivity contribution in [1.82, 2.24) is 10.3 Å². The summed E-state index contributed by atoms with van der Waals surface area (Å²) in [6.45, 7) is 6.93. The fourth-order valence-electron chi connectivity index (χ4n) is 4.23. The summed E-state index contributed by atoms with van der Waals surface area (Å²) >= 11 is 1.43. The van der Waals surface area contributed by atoms with E-state index in [4.69, 9.17) is 4.98 Å². The molecule has 1 N–H and O–H groups in total. The molecule has 2 atom stereocenters. The van der Waals surface area contributed by atoms with Crippen LogP contribution in [0.15, 0.2) is 42.5 Å². The van der Waals surface area contributed by atoms with E-state index in [-0.39, 0.29) is 18.4 Å². The molecule has 1 unspecified atom stereocenters. The van der Waals surface area contributed by atoms with Crippen LogP contribution in [0, 0.1) is 22.7 Å². The second-order valence-electron chi connectivity index (χ2n) is 9.20. The zero-order valence-electron chi connectivity index (χ0n) is 17.7. The van der Waals surface area contributed by atoms with Gasteiger partial charge in [-0.25, -0.2) is 4.98 Å². The quantitative estimate of drug-likeness (QED) is 0.580. The molecule has 2 heterocycles. The molecule has 0 aliphatic heterocycles. The molecule has 30 heavy (non-hydrogen) atoms. The van der Waals surface area contributed by atoms with E-state index in [0.717, 1.165) is 28.6 Å². The van der Waals surface area contributed by atoms with E-state index < -0.39 is 0 Å². The summed E-state index contributed by atoms with van der Waals surface area (Å²) in [4.78, 5) is 19.4. The monoisotopic (exact) mass is 417 g/mol. The summed E-state index contributed by atoms with van der Waals surface area (Å²) in [7, 11) is 0. The Hall–Kier alpha value is -2.71. The third-order valence-corrected chi connectivity index (χ3v) is 7.17. The molecular formula is C25H27N3OS. The predicted octanol–water partition coefficient (Wildman–Crippen LogP) is 5.83. The smallest absolute Gasteiger partial charge is 0.261 e. The highest BCUT2D eigenvalue weighted by Crippen LogP contribution is 2.38. The average Bonchev–Trinajstić information content (AvgIpc) is 3.14. The number of benzene rings is 1. The molecule has 0 saturated carbocycles. The number of hydrogen-bond donors (Lipinski definition) is 1. The molecule has 0 spiro atoms. The predicted molar refractivity (Wildman–Crippen MR) is 121 cm³/mol. The summed E-state index contributed by atoms with van der Waals surface area (Å²) in [5.41, 5.74) is 3.74. The van der Waals surface area contributed by atoms with Crippen molar-refractivity contribution in [3.05, 3.63) is 64.2 Å². The summed E-state index contributed by atoms with van der Waals surface area (Å²) in [6, 6.07) is 15.7. The standard InChI is InChI=1S/C25H27N3OS/c1-25(2,3)19-9-10-20-17(14-19)13-18-15-22(30-24(18)28-20)23(29)27-21(11-12-26)16-7-5-4-6-8-16/h4-8,13,15,19,21H,9-11,14H2,1-3H3,(H,27,29)/t19?,21-/m1/s1. The summed E-state index contributed by atoms with van der Waals surface area (Å²) in [6.07, 6.45) is 3.46. The Morgan fingerprint density at radius 1 is 1.30 bits per heavy atom. The lowest BCUT2D eigenvalue weighted by Gasteiger charge is -2.34. The number of aromatic nitrogens is 1. The Morgan fingerprint density at radius 3 is 2.77 bits per heavy atom. The van der Waals surface area contributed by atoms with Crippen molar-refractivity contribution in [2.75, 3.05) is 0 Å². The van der Waals surface area contributed by atoms with Crippen molar-refractivity contribution in [3.8, 4) is 6.07 Å². The van der Waals surface area contributed by atoms with Crippen LogP contribution >= 0.6 is 11.3 Å². The summed E-state index contributed by atoms with van der Waals surface area (Å²) in [5.74, 6) is 0.510. The number of fused-ring (bicyclic) bond motifs is 2. The number of nitrogens with one attached hydrogen (secondary N) is 1. The highest BCUT2D eigenvalue weighted by atomic mass is 32.1. The second-order valence-corrected chi connectivity index (χ2v) is 10.2. The first kappa shape index (κ1) is 20.6. The highest BCUT2D eigenvalue weighted by Gasteiger charge is 2.29. The molecule has 154 valence electrons. The molecule has 0 radical (unpaired) electrons. The van der Waals surface area contributed by atoms with Gasteiger partial charge in [0.15, 0.2) is 0 Å². The van der Waals surface area contributed by atoms with Crippen LogP contribution in [-0.2, 0) is 12.8 Å². The Bertz CT molecular complexity index is 1110. The molecule has 4 nitrogen and oxygen atoms in total. The van der Waals surface area contributed by atoms with Crippen LogP contribution in [-0.4, -0.2) is 10.9 Å². The first-order valence-electron chi connectivity index (χ1n) is 10.5. The number of carbonyl (C=O) groups excluding carboxylic acids is 1. The van der Waals surface area contributed by atoms with Crippen molar-refractivity contribution in [3.63, 3.8) is 0 Å². The number of aryl methyl sites for hydroxylation is 1. The minimum atomic E-state index is -0.317. The van der Waals surface area contributed by atoms with Crippen LogP contribution in [0.1, 0.15) is 66.1 Å². The van der Waals surface area contributed by atoms with E-state index in [1.807, 2.05) is 36.4 Å². The lowest BCUT2D eigenvalue weighted by atomic mass is 9.71. The average molecular weight is 418 g/mol. The second kappa shape index (κ2) is 8.20. The SMILES string of the molecule is CC(C)(C)C1CCc2nc3sc(C(=O)N[C@H](CC#N)c4ccccc4)cc3cc2C1. The molecule has 2 aromatic heterocycles. The van der Waals surface area contributed by atoms with Gasteiger partial charge in [-0.05, 0) is 53.9 Å². The zero-order valence-corrected chi connectivity index (χ0v) is 18.6. The molecule has 3 aromatic rings. The van der Waals surface area contributed by atoms with E-state index in [2.05, 4.69) is 38.2 Å². The van der Waals surface area contributed by atoms with Crippen LogP contribution in [0.2, 0.25) is 0 Å². The maximum absolute atomic E-state index is 12.9. The number of nitrogens with zero attached hydrogens (tertiary/aromatic N) is 2. The zero-order chi connectivity index (χ0) is 21.3. The number of nitriles is 1. The lowest BCUT2D eigenvalue weighted by molar-refractivity contribution is 0.0941. The maximum atomic E-state index is 12.9. The topological polar surface area (TPSA) is 65.8 Å². The largest absolute Gasteiger partial charge is 0.343 e. The molecule has 1 aromatic carbocycles. The molecule has 1 aliphatic carbocycles. The van der Waals surface area contributed by atoms with E-state index in [1.54, 1.807) is 0 Å². The van der Waals surface area contributed by atoms with Crippen molar-refractivity contribution in [2.24, 2.45) is 11.3 Å². The van der Waals surface area contributed by atoms with Gasteiger partial charge in [-0.1, -0.05) is 51.1 Å². The molecule has 0 fully saturated rings. The Morgan fingerprint density at radius 2 is 2.07 bits per heavy atom. The molecule has 1 aliphatic rings. The van der Waals surface area contributed by atoms with E-state index in [9.17, 15) is 10.1 Å². The first-order valence-corrected chi connectivity index (χ1v) is 11.3. The first-order chi connectivity index (χ1) is 14.3. The van der Waals surface area contributed by atoms with Gasteiger partial charge < -0.3 is 5.32 Å². The number of rotatable bonds is 4. The van der Waals surface area contributed by atoms with Gasteiger partial charge in [-0.2, -0.15) is 5.26 Å². The third-order valence-electron chi connectivity index (χ3n) is 6.12. The Kier molecular flexibility index (Phi) is 5.62. The molecule has 5 heteroatoms. The van der Waals surface area contributed by atoms with Crippen LogP contribution in [0.5, 0.6) is 0 Å². The van der Waals surface area contributed by atoms with Gasteiger partial charge in [-0.3, -0.25) is 4.79 Å². The van der Waals surface area contributed by atoms with Crippen LogP contribution in [0.25, 0.3) is 10.2 Å². The molecule has 0 bridgehead atoms. The van der Waals surface area contributed by atoms with Crippen molar-refractivity contribution < 1.29 is 4.79 Å². The fourth-order valence-corrected chi connectivity index (χ4v) is 5.17. The number of carbonyl (C=O) groups is 1. The Balaban J connectivity index is 1.58. The maximum Gasteiger partial charge on any atom is 0.261 e. The van der Waals surface area contributed by atoms with Crippen molar-refractivity contribution in [2.45, 2.75) is 52.5 Å². The van der Waals surface area contributed by atoms with E-state index >= 15 is 0 Å². The molecular weight excluding hydrogens is 390 g/mol. The number of pyridine rings is 1. The molecule has 4 rings (SSSR count). The van der Waals surface area contributed by atoms with Crippen LogP contribution < -0.4 is 5.32 Å². The van der Waals surface area contributed by atoms with Crippen LogP contribution in [0.4, 0.5) is 0 Å². The van der Waals surface area contributed by atoms with Crippen molar-refractivity contribution >= 4 is 27.5 Å². The minimum absolute atomic E-state index is 0.146. The van der Waals surface area contributed by atoms with Gasteiger partial charge in [0.2, 0.25) is 0 Å². The van der Waals surface area contributed by atoms with Gasteiger partial charge in [0.1, 0.15) is 4.83 Å². The van der Waals surface area contributed by atoms with E-state index in [1.165, 1.54) is 29.0 Å². The van der Waals surface area contributed by atoms with Gasteiger partial charge in [0.05, 0.1) is 23.4 Å². The minimum Gasteiger partial charge on any atom is -0.343 e. The third kappa shape index (κ3) is 4.24. The molecule has 1 amide bonds. The normalized spacial score (nSPS) is 17.2. The lowest BCUT2D eigenvalue weighted by Crippen LogP contribution is -2.27. The fraction of sp³-hybridized carbons (Fsp3) is 0.400. The van der Waals surface area contributed by atoms with Gasteiger partial charge in [-0.15, -0.1) is 11.3 Å². The van der Waals surface area contributed by atoms with Crippen LogP contribution in [0.3, 0.4) is 0 Å². The highest BCUT2D eigenvalue weighted by molar-refractivity contribution is 7.20. The van der Waals surface area contributed by atoms with Crippen molar-refractivity contribution in [1.29, 1.82) is 5.26 Å². The number of thiophene rings is 1. The number of amides is 1. The van der Waals surface area contributed by atoms with Gasteiger partial charge in [0, 0.05) is 11.1 Å². The summed E-state index contributed by atoms with van der Waals surface area (Å²) in [5, 5.41) is 13.3. The molecule has 0 saturated heterocycles. The summed E-state index contributed by atoms with van der Waals surface area (Å²) < 4.78 is 0. The number of hydrogen-bond acceptors (Lipinski definition) is 4. The Labute approximate surface area is 182 Å².